The van der Waals surface area contributed by atoms with Gasteiger partial charge in [0, 0.05) is 29.2 Å². The fourth-order valence-corrected chi connectivity index (χ4v) is 3.20. The molecule has 3 N–H and O–H groups in total. The van der Waals surface area contributed by atoms with Crippen LogP contribution in [0.5, 0.6) is 5.75 Å². The molecule has 0 saturated carbocycles. The quantitative estimate of drug-likeness (QED) is 0.874. The maximum Gasteiger partial charge on any atom is 0.120 e. The second kappa shape index (κ2) is 5.46. The Bertz CT molecular complexity index is 616. The largest absolute Gasteiger partial charge is 0.491 e. The fourth-order valence-electron chi connectivity index (χ4n) is 3.20. The summed E-state index contributed by atoms with van der Waals surface area (Å²) < 4.78 is 7.95. The van der Waals surface area contributed by atoms with Crippen LogP contribution in [0.4, 0.5) is 0 Å². The summed E-state index contributed by atoms with van der Waals surface area (Å²) in [5, 5.41) is 10.1. The van der Waals surface area contributed by atoms with Gasteiger partial charge >= 0.3 is 0 Å². The molecular weight excluding hydrogens is 252 g/mol. The number of ether oxygens (including phenoxy) is 1. The van der Waals surface area contributed by atoms with Crippen molar-refractivity contribution in [3.63, 3.8) is 0 Å². The number of benzene rings is 1. The zero-order valence-corrected chi connectivity index (χ0v) is 11.9. The second-order valence-electron chi connectivity index (χ2n) is 5.61. The molecule has 0 unspecified atom stereocenters. The minimum absolute atomic E-state index is 0.0387. The summed E-state index contributed by atoms with van der Waals surface area (Å²) >= 11 is 0. The summed E-state index contributed by atoms with van der Waals surface area (Å²) in [6, 6.07) is 6.36. The standard InChI is InChI=1S/C16H22N2O2/c1-11(17)9-13-14-10-12(20-8-7-19)4-5-16(14)18-6-2-3-15(13)18/h4-5,10-11,19H,2-3,6-9,17H2,1H3/t11-/m0/s1. The second-order valence-corrected chi connectivity index (χ2v) is 5.61. The van der Waals surface area contributed by atoms with Crippen LogP contribution >= 0.6 is 0 Å². The van der Waals surface area contributed by atoms with E-state index in [1.807, 2.05) is 6.07 Å². The van der Waals surface area contributed by atoms with Crippen molar-refractivity contribution in [2.75, 3.05) is 13.2 Å². The molecule has 1 atom stereocenters. The predicted molar refractivity (Wildman–Crippen MR) is 80.2 cm³/mol. The summed E-state index contributed by atoms with van der Waals surface area (Å²) in [7, 11) is 0. The first-order chi connectivity index (χ1) is 9.70. The monoisotopic (exact) mass is 274 g/mol. The van der Waals surface area contributed by atoms with Gasteiger partial charge in [0.05, 0.1) is 6.61 Å². The Morgan fingerprint density at radius 3 is 3.05 bits per heavy atom. The summed E-state index contributed by atoms with van der Waals surface area (Å²) in [4.78, 5) is 0. The van der Waals surface area contributed by atoms with Gasteiger partial charge in [-0.2, -0.15) is 0 Å². The molecule has 2 aromatic rings. The van der Waals surface area contributed by atoms with Gasteiger partial charge in [0.2, 0.25) is 0 Å². The van der Waals surface area contributed by atoms with Gasteiger partial charge in [-0.3, -0.25) is 0 Å². The smallest absolute Gasteiger partial charge is 0.120 e. The highest BCUT2D eigenvalue weighted by atomic mass is 16.5. The van der Waals surface area contributed by atoms with Gasteiger partial charge < -0.3 is 20.1 Å². The van der Waals surface area contributed by atoms with Gasteiger partial charge in [0.1, 0.15) is 12.4 Å². The van der Waals surface area contributed by atoms with Crippen LogP contribution in [0.25, 0.3) is 10.9 Å². The van der Waals surface area contributed by atoms with Crippen LogP contribution in [0.1, 0.15) is 24.6 Å². The molecule has 0 aliphatic carbocycles. The van der Waals surface area contributed by atoms with E-state index in [-0.39, 0.29) is 12.6 Å². The predicted octanol–water partition coefficient (Wildman–Crippen LogP) is 1.85. The van der Waals surface area contributed by atoms with E-state index in [0.29, 0.717) is 6.61 Å². The van der Waals surface area contributed by atoms with Crippen molar-refractivity contribution in [2.45, 2.75) is 38.8 Å². The van der Waals surface area contributed by atoms with Crippen LogP contribution in [0.3, 0.4) is 0 Å². The van der Waals surface area contributed by atoms with Crippen molar-refractivity contribution in [3.05, 3.63) is 29.5 Å². The molecule has 0 bridgehead atoms. The molecule has 0 radical (unpaired) electrons. The number of aryl methyl sites for hydroxylation is 1. The first kappa shape index (κ1) is 13.5. The minimum Gasteiger partial charge on any atom is -0.491 e. The number of aliphatic hydroxyl groups excluding tert-OH is 1. The third-order valence-electron chi connectivity index (χ3n) is 3.94. The van der Waals surface area contributed by atoms with E-state index in [0.717, 1.165) is 25.1 Å². The van der Waals surface area contributed by atoms with E-state index in [1.54, 1.807) is 0 Å². The van der Waals surface area contributed by atoms with E-state index in [1.165, 1.54) is 28.6 Å². The maximum atomic E-state index is 8.86. The number of nitrogens with zero attached hydrogens (tertiary/aromatic N) is 1. The molecule has 0 saturated heterocycles. The molecule has 1 aliphatic rings. The van der Waals surface area contributed by atoms with Crippen molar-refractivity contribution < 1.29 is 9.84 Å². The van der Waals surface area contributed by atoms with E-state index >= 15 is 0 Å². The van der Waals surface area contributed by atoms with Crippen molar-refractivity contribution in [1.29, 1.82) is 0 Å². The lowest BCUT2D eigenvalue weighted by atomic mass is 10.0. The molecular formula is C16H22N2O2. The molecule has 1 aromatic heterocycles. The molecule has 4 heteroatoms. The molecule has 0 amide bonds. The fraction of sp³-hybridized carbons (Fsp3) is 0.500. The van der Waals surface area contributed by atoms with Gasteiger partial charge in [-0.1, -0.05) is 0 Å². The van der Waals surface area contributed by atoms with Crippen molar-refractivity contribution >= 4 is 10.9 Å². The third kappa shape index (κ3) is 2.30. The molecule has 108 valence electrons. The normalized spacial score (nSPS) is 15.6. The van der Waals surface area contributed by atoms with E-state index in [2.05, 4.69) is 23.6 Å². The number of hydrogen-bond acceptors (Lipinski definition) is 3. The molecule has 0 spiro atoms. The lowest BCUT2D eigenvalue weighted by molar-refractivity contribution is 0.201. The van der Waals surface area contributed by atoms with Gasteiger partial charge in [-0.25, -0.2) is 0 Å². The van der Waals surface area contributed by atoms with E-state index in [9.17, 15) is 0 Å². The summed E-state index contributed by atoms with van der Waals surface area (Å²) in [6.07, 6.45) is 3.27. The Morgan fingerprint density at radius 1 is 1.45 bits per heavy atom. The Hall–Kier alpha value is -1.52. The summed E-state index contributed by atoms with van der Waals surface area (Å²) in [5.41, 5.74) is 10.1. The Kier molecular flexibility index (Phi) is 3.68. The van der Waals surface area contributed by atoms with Gasteiger partial charge in [-0.15, -0.1) is 0 Å². The van der Waals surface area contributed by atoms with Gasteiger partial charge in [0.25, 0.3) is 0 Å². The van der Waals surface area contributed by atoms with Crippen LogP contribution < -0.4 is 10.5 Å². The number of aromatic nitrogens is 1. The number of fused-ring (bicyclic) bond motifs is 3. The first-order valence-electron chi connectivity index (χ1n) is 7.34. The van der Waals surface area contributed by atoms with E-state index in [4.69, 9.17) is 15.6 Å². The maximum absolute atomic E-state index is 8.86. The number of rotatable bonds is 5. The van der Waals surface area contributed by atoms with Crippen LogP contribution in [0.15, 0.2) is 18.2 Å². The van der Waals surface area contributed by atoms with Crippen LogP contribution in [-0.2, 0) is 19.4 Å². The first-order valence-corrected chi connectivity index (χ1v) is 7.34. The van der Waals surface area contributed by atoms with Crippen LogP contribution in [-0.4, -0.2) is 28.9 Å². The SMILES string of the molecule is C[C@H](N)Cc1c2n(c3ccc(OCCO)cc13)CCC2. The Morgan fingerprint density at radius 2 is 2.30 bits per heavy atom. The zero-order chi connectivity index (χ0) is 14.1. The molecule has 20 heavy (non-hydrogen) atoms. The van der Waals surface area contributed by atoms with Crippen LogP contribution in [0.2, 0.25) is 0 Å². The topological polar surface area (TPSA) is 60.4 Å². The number of aliphatic hydroxyl groups is 1. The summed E-state index contributed by atoms with van der Waals surface area (Å²) in [6.45, 7) is 3.53. The summed E-state index contributed by atoms with van der Waals surface area (Å²) in [5.74, 6) is 0.821. The number of nitrogens with two attached hydrogens (primary N) is 1. The van der Waals surface area contributed by atoms with Crippen LogP contribution in [0, 0.1) is 0 Å². The molecule has 1 aromatic carbocycles. The molecule has 1 aliphatic heterocycles. The lowest BCUT2D eigenvalue weighted by Gasteiger charge is -2.08. The van der Waals surface area contributed by atoms with E-state index < -0.39 is 0 Å². The molecule has 3 rings (SSSR count). The Labute approximate surface area is 119 Å². The molecule has 2 heterocycles. The number of hydrogen-bond donors (Lipinski definition) is 2. The molecule has 0 fully saturated rings. The third-order valence-corrected chi connectivity index (χ3v) is 3.94. The van der Waals surface area contributed by atoms with Crippen molar-refractivity contribution in [1.82, 2.24) is 4.57 Å². The van der Waals surface area contributed by atoms with Gasteiger partial charge in [0.15, 0.2) is 0 Å². The van der Waals surface area contributed by atoms with Crippen molar-refractivity contribution in [3.8, 4) is 5.75 Å². The average molecular weight is 274 g/mol. The molecule has 4 nitrogen and oxygen atoms in total. The Balaban J connectivity index is 2.07. The zero-order valence-electron chi connectivity index (χ0n) is 11.9. The minimum atomic E-state index is 0.0387. The highest BCUT2D eigenvalue weighted by Crippen LogP contribution is 2.34. The average Bonchev–Trinajstić information content (AvgIpc) is 2.99. The van der Waals surface area contributed by atoms with Crippen molar-refractivity contribution in [2.24, 2.45) is 5.73 Å². The highest BCUT2D eigenvalue weighted by Gasteiger charge is 2.21. The van der Waals surface area contributed by atoms with Gasteiger partial charge in [-0.05, 0) is 49.9 Å². The lowest BCUT2D eigenvalue weighted by Crippen LogP contribution is -2.18. The highest BCUT2D eigenvalue weighted by molar-refractivity contribution is 5.87.